The maximum atomic E-state index is 11.2. The highest BCUT2D eigenvalue weighted by molar-refractivity contribution is 5.76. The Balaban J connectivity index is 3.78. The molecule has 0 rings (SSSR count). The van der Waals surface area contributed by atoms with Gasteiger partial charge in [0.15, 0.2) is 0 Å². The van der Waals surface area contributed by atoms with E-state index in [-0.39, 0.29) is 6.42 Å². The third-order valence-corrected chi connectivity index (χ3v) is 1.70. The molecule has 0 heterocycles. The van der Waals surface area contributed by atoms with Crippen molar-refractivity contribution in [1.29, 1.82) is 0 Å². The number of hydrogen-bond acceptors (Lipinski definition) is 5. The van der Waals surface area contributed by atoms with Crippen molar-refractivity contribution in [3.63, 3.8) is 0 Å². The maximum Gasteiger partial charge on any atom is 0.372 e. The van der Waals surface area contributed by atoms with Crippen LogP contribution in [0.15, 0.2) is 0 Å². The molecule has 0 saturated heterocycles. The zero-order valence-electron chi connectivity index (χ0n) is 9.49. The van der Waals surface area contributed by atoms with E-state index in [4.69, 9.17) is 5.73 Å². The van der Waals surface area contributed by atoms with Gasteiger partial charge in [0.1, 0.15) is 6.04 Å². The second kappa shape index (κ2) is 7.23. The Bertz CT molecular complexity index is 215. The average Bonchev–Trinajstić information content (AvgIpc) is 2.13. The third kappa shape index (κ3) is 6.90. The summed E-state index contributed by atoms with van der Waals surface area (Å²) in [5.41, 5.74) is 5.51. The van der Waals surface area contributed by atoms with Crippen LogP contribution in [0, 0.1) is 5.92 Å². The summed E-state index contributed by atoms with van der Waals surface area (Å²) < 4.78 is 0. The van der Waals surface area contributed by atoms with Crippen LogP contribution < -0.4 is 5.73 Å². The molecule has 0 aliphatic rings. The third-order valence-electron chi connectivity index (χ3n) is 1.70. The van der Waals surface area contributed by atoms with Gasteiger partial charge in [-0.15, -0.1) is 0 Å². The summed E-state index contributed by atoms with van der Waals surface area (Å²) in [6.45, 7) is 5.71. The van der Waals surface area contributed by atoms with E-state index >= 15 is 0 Å². The molecule has 88 valence electrons. The number of nitrogens with two attached hydrogens (primary N) is 1. The molecular formula is C10H19NO4. The SMILES string of the molecule is CCCC(=O)OOC(=O)C(N)CC(C)C. The molecule has 0 saturated carbocycles. The summed E-state index contributed by atoms with van der Waals surface area (Å²) in [7, 11) is 0. The molecule has 5 heteroatoms. The Hall–Kier alpha value is -1.10. The maximum absolute atomic E-state index is 11.2. The Morgan fingerprint density at radius 1 is 1.27 bits per heavy atom. The summed E-state index contributed by atoms with van der Waals surface area (Å²) in [5.74, 6) is -0.963. The van der Waals surface area contributed by atoms with Gasteiger partial charge in [0, 0.05) is 6.42 Å². The van der Waals surface area contributed by atoms with Crippen molar-refractivity contribution < 1.29 is 19.4 Å². The fraction of sp³-hybridized carbons (Fsp3) is 0.800. The normalized spacial score (nSPS) is 12.3. The number of hydrogen-bond donors (Lipinski definition) is 1. The molecule has 0 aliphatic heterocycles. The van der Waals surface area contributed by atoms with Gasteiger partial charge in [0.2, 0.25) is 0 Å². The Kier molecular flexibility index (Phi) is 6.70. The van der Waals surface area contributed by atoms with Crippen LogP contribution in [0.4, 0.5) is 0 Å². The lowest BCUT2D eigenvalue weighted by atomic mass is 10.1. The van der Waals surface area contributed by atoms with Gasteiger partial charge in [0.25, 0.3) is 0 Å². The van der Waals surface area contributed by atoms with E-state index < -0.39 is 18.0 Å². The van der Waals surface area contributed by atoms with E-state index in [0.29, 0.717) is 18.8 Å². The van der Waals surface area contributed by atoms with E-state index in [1.54, 1.807) is 0 Å². The fourth-order valence-corrected chi connectivity index (χ4v) is 0.999. The summed E-state index contributed by atoms with van der Waals surface area (Å²) in [6, 6.07) is -0.737. The van der Waals surface area contributed by atoms with Gasteiger partial charge in [-0.25, -0.2) is 19.4 Å². The van der Waals surface area contributed by atoms with Crippen LogP contribution in [-0.2, 0) is 19.4 Å². The molecule has 0 bridgehead atoms. The van der Waals surface area contributed by atoms with Gasteiger partial charge < -0.3 is 5.73 Å². The van der Waals surface area contributed by atoms with Gasteiger partial charge in [-0.1, -0.05) is 20.8 Å². The molecule has 2 N–H and O–H groups in total. The molecular weight excluding hydrogens is 198 g/mol. The first-order chi connectivity index (χ1) is 6.97. The summed E-state index contributed by atoms with van der Waals surface area (Å²) in [5, 5.41) is 0. The minimum Gasteiger partial charge on any atom is -0.318 e. The quantitative estimate of drug-likeness (QED) is 0.552. The lowest BCUT2D eigenvalue weighted by Crippen LogP contribution is -2.34. The highest BCUT2D eigenvalue weighted by atomic mass is 17.2. The molecule has 1 atom stereocenters. The fourth-order valence-electron chi connectivity index (χ4n) is 0.999. The van der Waals surface area contributed by atoms with Crippen molar-refractivity contribution in [2.24, 2.45) is 11.7 Å². The summed E-state index contributed by atoms with van der Waals surface area (Å²) in [4.78, 5) is 30.6. The van der Waals surface area contributed by atoms with Crippen LogP contribution in [0.5, 0.6) is 0 Å². The minimum absolute atomic E-state index is 0.229. The predicted octanol–water partition coefficient (Wildman–Crippen LogP) is 1.16. The molecule has 0 amide bonds. The molecule has 0 aliphatic carbocycles. The largest absolute Gasteiger partial charge is 0.372 e. The number of carbonyl (C=O) groups is 2. The van der Waals surface area contributed by atoms with Crippen molar-refractivity contribution in [1.82, 2.24) is 0 Å². The second-order valence-corrected chi connectivity index (χ2v) is 3.84. The Morgan fingerprint density at radius 3 is 2.33 bits per heavy atom. The monoisotopic (exact) mass is 217 g/mol. The highest BCUT2D eigenvalue weighted by Crippen LogP contribution is 2.04. The van der Waals surface area contributed by atoms with Crippen LogP contribution in [0.3, 0.4) is 0 Å². The molecule has 0 aromatic rings. The molecule has 15 heavy (non-hydrogen) atoms. The van der Waals surface area contributed by atoms with Crippen molar-refractivity contribution in [2.45, 2.75) is 46.1 Å². The van der Waals surface area contributed by atoms with Crippen LogP contribution in [-0.4, -0.2) is 18.0 Å². The Morgan fingerprint density at radius 2 is 1.87 bits per heavy atom. The van der Waals surface area contributed by atoms with Crippen molar-refractivity contribution in [3.8, 4) is 0 Å². The van der Waals surface area contributed by atoms with E-state index in [0.717, 1.165) is 0 Å². The first-order valence-electron chi connectivity index (χ1n) is 5.14. The lowest BCUT2D eigenvalue weighted by Gasteiger charge is -2.11. The minimum atomic E-state index is -0.737. The second-order valence-electron chi connectivity index (χ2n) is 3.84. The van der Waals surface area contributed by atoms with Crippen LogP contribution in [0.2, 0.25) is 0 Å². The van der Waals surface area contributed by atoms with Crippen molar-refractivity contribution in [3.05, 3.63) is 0 Å². The Labute approximate surface area is 89.8 Å². The topological polar surface area (TPSA) is 78.6 Å². The highest BCUT2D eigenvalue weighted by Gasteiger charge is 2.19. The first kappa shape index (κ1) is 13.9. The molecule has 0 aromatic carbocycles. The summed E-state index contributed by atoms with van der Waals surface area (Å²) >= 11 is 0. The van der Waals surface area contributed by atoms with Gasteiger partial charge in [-0.05, 0) is 18.8 Å². The molecule has 0 fully saturated rings. The smallest absolute Gasteiger partial charge is 0.318 e. The van der Waals surface area contributed by atoms with E-state index in [1.165, 1.54) is 0 Å². The van der Waals surface area contributed by atoms with Crippen molar-refractivity contribution in [2.75, 3.05) is 0 Å². The van der Waals surface area contributed by atoms with Crippen LogP contribution >= 0.6 is 0 Å². The molecule has 0 spiro atoms. The first-order valence-corrected chi connectivity index (χ1v) is 5.14. The van der Waals surface area contributed by atoms with Crippen LogP contribution in [0.1, 0.15) is 40.0 Å². The van der Waals surface area contributed by atoms with Gasteiger partial charge in [-0.3, -0.25) is 0 Å². The standard InChI is InChI=1S/C10H19NO4/c1-4-5-9(12)14-15-10(13)8(11)6-7(2)3/h7-8H,4-6,11H2,1-3H3. The van der Waals surface area contributed by atoms with Crippen LogP contribution in [0.25, 0.3) is 0 Å². The number of carbonyl (C=O) groups excluding carboxylic acids is 2. The lowest BCUT2D eigenvalue weighted by molar-refractivity contribution is -0.260. The van der Waals surface area contributed by atoms with E-state index in [9.17, 15) is 9.59 Å². The van der Waals surface area contributed by atoms with Gasteiger partial charge >= 0.3 is 11.9 Å². The molecule has 1 unspecified atom stereocenters. The average molecular weight is 217 g/mol. The molecule has 0 aromatic heterocycles. The predicted molar refractivity (Wildman–Crippen MR) is 54.5 cm³/mol. The molecule has 0 radical (unpaired) electrons. The van der Waals surface area contributed by atoms with Gasteiger partial charge in [-0.2, -0.15) is 0 Å². The van der Waals surface area contributed by atoms with Crippen molar-refractivity contribution >= 4 is 11.9 Å². The van der Waals surface area contributed by atoms with E-state index in [1.807, 2.05) is 20.8 Å². The number of rotatable bonds is 5. The van der Waals surface area contributed by atoms with Gasteiger partial charge in [0.05, 0.1) is 0 Å². The zero-order chi connectivity index (χ0) is 11.8. The molecule has 5 nitrogen and oxygen atoms in total. The summed E-state index contributed by atoms with van der Waals surface area (Å²) in [6.07, 6.45) is 1.38. The zero-order valence-corrected chi connectivity index (χ0v) is 9.49. The van der Waals surface area contributed by atoms with E-state index in [2.05, 4.69) is 9.78 Å².